The van der Waals surface area contributed by atoms with Crippen molar-refractivity contribution in [3.63, 3.8) is 0 Å². The third-order valence-corrected chi connectivity index (χ3v) is 2.27. The second-order valence-corrected chi connectivity index (χ2v) is 4.33. The van der Waals surface area contributed by atoms with Crippen LogP contribution in [0.15, 0.2) is 16.9 Å². The Morgan fingerprint density at radius 3 is 2.79 bits per heavy atom. The Hall–Kier alpha value is -2.31. The van der Waals surface area contributed by atoms with Gasteiger partial charge >= 0.3 is 0 Å². The number of nitrogens with zero attached hydrogens (tertiary/aromatic N) is 3. The number of nitrogen functional groups attached to an aromatic ring is 1. The third-order valence-electron chi connectivity index (χ3n) is 2.27. The van der Waals surface area contributed by atoms with E-state index in [-0.39, 0.29) is 6.10 Å². The van der Waals surface area contributed by atoms with E-state index in [0.29, 0.717) is 29.8 Å². The highest BCUT2D eigenvalue weighted by molar-refractivity contribution is 5.66. The minimum absolute atomic E-state index is 0.000519. The van der Waals surface area contributed by atoms with Gasteiger partial charge in [-0.1, -0.05) is 0 Å². The first-order chi connectivity index (χ1) is 9.06. The lowest BCUT2D eigenvalue weighted by Crippen LogP contribution is -2.12. The lowest BCUT2D eigenvalue weighted by Gasteiger charge is -2.13. The predicted molar refractivity (Wildman–Crippen MR) is 70.8 cm³/mol. The van der Waals surface area contributed by atoms with E-state index in [1.54, 1.807) is 6.20 Å². The summed E-state index contributed by atoms with van der Waals surface area (Å²) in [4.78, 5) is 12.2. The van der Waals surface area contributed by atoms with Gasteiger partial charge in [-0.2, -0.15) is 4.98 Å². The molecule has 0 atom stereocenters. The van der Waals surface area contributed by atoms with E-state index in [0.717, 1.165) is 5.76 Å². The normalized spacial score (nSPS) is 10.7. The highest BCUT2D eigenvalue weighted by Gasteiger charge is 2.11. The summed E-state index contributed by atoms with van der Waals surface area (Å²) < 4.78 is 10.8. The van der Waals surface area contributed by atoms with Crippen LogP contribution in [0.2, 0.25) is 0 Å². The van der Waals surface area contributed by atoms with Gasteiger partial charge in [-0.05, 0) is 20.8 Å². The number of nitrogens with one attached hydrogen (secondary N) is 1. The van der Waals surface area contributed by atoms with Gasteiger partial charge in [0.25, 0.3) is 0 Å². The van der Waals surface area contributed by atoms with E-state index in [4.69, 9.17) is 14.9 Å². The first-order valence-corrected chi connectivity index (χ1v) is 5.98. The molecule has 0 amide bonds. The topological polar surface area (TPSA) is 99.1 Å². The number of rotatable bonds is 5. The Morgan fingerprint density at radius 2 is 2.16 bits per heavy atom. The molecular formula is C12H17N5O2. The van der Waals surface area contributed by atoms with Crippen molar-refractivity contribution in [2.24, 2.45) is 0 Å². The van der Waals surface area contributed by atoms with Crippen molar-refractivity contribution in [1.29, 1.82) is 0 Å². The van der Waals surface area contributed by atoms with E-state index in [1.807, 2.05) is 20.8 Å². The molecule has 0 fully saturated rings. The molecule has 2 aromatic rings. The van der Waals surface area contributed by atoms with Crippen molar-refractivity contribution >= 4 is 11.5 Å². The molecule has 0 aliphatic rings. The molecule has 0 radical (unpaired) electrons. The molecule has 0 saturated heterocycles. The van der Waals surface area contributed by atoms with Gasteiger partial charge in [-0.25, -0.2) is 9.97 Å². The van der Waals surface area contributed by atoms with Crippen LogP contribution in [0.25, 0.3) is 0 Å². The molecule has 0 bridgehead atoms. The second kappa shape index (κ2) is 5.55. The quantitative estimate of drug-likeness (QED) is 0.847. The maximum Gasteiger partial charge on any atom is 0.242 e. The highest BCUT2D eigenvalue weighted by atomic mass is 16.5. The van der Waals surface area contributed by atoms with Crippen LogP contribution in [0.5, 0.6) is 5.88 Å². The molecule has 2 heterocycles. The van der Waals surface area contributed by atoms with E-state index < -0.39 is 0 Å². The number of aryl methyl sites for hydroxylation is 1. The Kier molecular flexibility index (Phi) is 3.84. The average molecular weight is 263 g/mol. The molecule has 0 aromatic carbocycles. The summed E-state index contributed by atoms with van der Waals surface area (Å²) in [5.41, 5.74) is 6.31. The van der Waals surface area contributed by atoms with Gasteiger partial charge < -0.3 is 20.2 Å². The summed E-state index contributed by atoms with van der Waals surface area (Å²) in [6.07, 6.45) is 3.06. The number of ether oxygens (including phenoxy) is 1. The van der Waals surface area contributed by atoms with Gasteiger partial charge in [-0.15, -0.1) is 0 Å². The maximum absolute atomic E-state index is 5.94. The van der Waals surface area contributed by atoms with Gasteiger partial charge in [0.05, 0.1) is 18.8 Å². The first kappa shape index (κ1) is 13.1. The zero-order valence-corrected chi connectivity index (χ0v) is 11.2. The second-order valence-electron chi connectivity index (χ2n) is 4.33. The van der Waals surface area contributed by atoms with E-state index in [2.05, 4.69) is 20.3 Å². The minimum Gasteiger partial charge on any atom is -0.473 e. The Bertz CT molecular complexity index is 553. The molecule has 3 N–H and O–H groups in total. The fourth-order valence-corrected chi connectivity index (χ4v) is 1.48. The number of aromatic nitrogens is 3. The first-order valence-electron chi connectivity index (χ1n) is 5.98. The van der Waals surface area contributed by atoms with E-state index >= 15 is 0 Å². The molecule has 2 aromatic heterocycles. The largest absolute Gasteiger partial charge is 0.473 e. The van der Waals surface area contributed by atoms with Gasteiger partial charge in [0.1, 0.15) is 17.8 Å². The van der Waals surface area contributed by atoms with Crippen LogP contribution in [0, 0.1) is 6.92 Å². The number of hydrogen-bond acceptors (Lipinski definition) is 7. The highest BCUT2D eigenvalue weighted by Crippen LogP contribution is 2.25. The lowest BCUT2D eigenvalue weighted by molar-refractivity contribution is 0.234. The van der Waals surface area contributed by atoms with Crippen LogP contribution in [-0.4, -0.2) is 21.1 Å². The molecule has 102 valence electrons. The fourth-order valence-electron chi connectivity index (χ4n) is 1.48. The maximum atomic E-state index is 5.94. The van der Waals surface area contributed by atoms with Crippen LogP contribution in [0.3, 0.4) is 0 Å². The van der Waals surface area contributed by atoms with E-state index in [9.17, 15) is 0 Å². The minimum atomic E-state index is -0.000519. The Labute approximate surface area is 111 Å². The van der Waals surface area contributed by atoms with Crippen molar-refractivity contribution in [3.05, 3.63) is 24.2 Å². The van der Waals surface area contributed by atoms with Crippen molar-refractivity contribution in [2.45, 2.75) is 33.4 Å². The molecule has 0 spiro atoms. The molecule has 2 rings (SSSR count). The smallest absolute Gasteiger partial charge is 0.242 e. The summed E-state index contributed by atoms with van der Waals surface area (Å²) in [6.45, 7) is 6.05. The number of anilines is 2. The van der Waals surface area contributed by atoms with Crippen molar-refractivity contribution < 1.29 is 9.15 Å². The van der Waals surface area contributed by atoms with Gasteiger partial charge in [0, 0.05) is 0 Å². The van der Waals surface area contributed by atoms with Gasteiger partial charge in [-0.3, -0.25) is 0 Å². The summed E-state index contributed by atoms with van der Waals surface area (Å²) in [7, 11) is 0. The van der Waals surface area contributed by atoms with Gasteiger partial charge in [0.2, 0.25) is 11.8 Å². The number of nitrogens with two attached hydrogens (primary N) is 1. The van der Waals surface area contributed by atoms with Crippen molar-refractivity contribution in [2.75, 3.05) is 11.1 Å². The third kappa shape index (κ3) is 3.34. The van der Waals surface area contributed by atoms with Crippen molar-refractivity contribution in [3.8, 4) is 5.88 Å². The Balaban J connectivity index is 2.08. The SMILES string of the molecule is Cc1cnc(CNc2ncnc(OC(C)C)c2N)o1. The molecule has 7 nitrogen and oxygen atoms in total. The van der Waals surface area contributed by atoms with Crippen LogP contribution in [-0.2, 0) is 6.54 Å². The summed E-state index contributed by atoms with van der Waals surface area (Å²) >= 11 is 0. The monoisotopic (exact) mass is 263 g/mol. The molecule has 0 unspecified atom stereocenters. The predicted octanol–water partition coefficient (Wildman–Crippen LogP) is 1.75. The van der Waals surface area contributed by atoms with Gasteiger partial charge in [0.15, 0.2) is 5.82 Å². The summed E-state index contributed by atoms with van der Waals surface area (Å²) in [5.74, 6) is 2.20. The molecule has 0 aliphatic carbocycles. The summed E-state index contributed by atoms with van der Waals surface area (Å²) in [6, 6.07) is 0. The fraction of sp³-hybridized carbons (Fsp3) is 0.417. The van der Waals surface area contributed by atoms with Crippen LogP contribution >= 0.6 is 0 Å². The Morgan fingerprint density at radius 1 is 1.37 bits per heavy atom. The van der Waals surface area contributed by atoms with Crippen LogP contribution < -0.4 is 15.8 Å². The zero-order valence-electron chi connectivity index (χ0n) is 11.2. The van der Waals surface area contributed by atoms with Crippen LogP contribution in [0.4, 0.5) is 11.5 Å². The molecule has 0 saturated carbocycles. The molecular weight excluding hydrogens is 246 g/mol. The number of hydrogen-bond donors (Lipinski definition) is 2. The lowest BCUT2D eigenvalue weighted by atomic mass is 10.4. The molecule has 7 heteroatoms. The summed E-state index contributed by atoms with van der Waals surface area (Å²) in [5, 5.41) is 3.04. The average Bonchev–Trinajstić information content (AvgIpc) is 2.76. The number of oxazole rings is 1. The van der Waals surface area contributed by atoms with Crippen LogP contribution in [0.1, 0.15) is 25.5 Å². The zero-order chi connectivity index (χ0) is 13.8. The standard InChI is InChI=1S/C12H17N5O2/c1-7(2)18-12-10(13)11(16-6-17-12)15-5-9-14-4-8(3)19-9/h4,6-7H,5,13H2,1-3H3,(H,15,16,17). The van der Waals surface area contributed by atoms with Crippen molar-refractivity contribution in [1.82, 2.24) is 15.0 Å². The molecule has 0 aliphatic heterocycles. The molecule has 19 heavy (non-hydrogen) atoms. The van der Waals surface area contributed by atoms with E-state index in [1.165, 1.54) is 6.33 Å².